The van der Waals surface area contributed by atoms with E-state index in [-0.39, 0.29) is 31.4 Å². The number of amides is 1. The largest absolute Gasteiger partial charge is 0.493 e. The van der Waals surface area contributed by atoms with E-state index in [1.54, 1.807) is 43.6 Å². The van der Waals surface area contributed by atoms with E-state index < -0.39 is 0 Å². The molecule has 152 valence electrons. The quantitative estimate of drug-likeness (QED) is 0.517. The van der Waals surface area contributed by atoms with Gasteiger partial charge in [0, 0.05) is 32.0 Å². The van der Waals surface area contributed by atoms with Crippen LogP contribution in [0.4, 0.5) is 0 Å². The van der Waals surface area contributed by atoms with Gasteiger partial charge in [-0.2, -0.15) is 0 Å². The summed E-state index contributed by atoms with van der Waals surface area (Å²) in [5.41, 5.74) is 0. The average Bonchev–Trinajstić information content (AvgIpc) is 3.22. The lowest BCUT2D eigenvalue weighted by Crippen LogP contribution is -2.37. The highest BCUT2D eigenvalue weighted by Crippen LogP contribution is 2.25. The van der Waals surface area contributed by atoms with E-state index in [9.17, 15) is 9.59 Å². The van der Waals surface area contributed by atoms with Gasteiger partial charge < -0.3 is 23.7 Å². The summed E-state index contributed by atoms with van der Waals surface area (Å²) in [7, 11) is 1.55. The fraction of sp³-hybridized carbons (Fsp3) is 0.450. The van der Waals surface area contributed by atoms with Crippen molar-refractivity contribution in [2.45, 2.75) is 26.3 Å². The van der Waals surface area contributed by atoms with Crippen molar-refractivity contribution in [1.29, 1.82) is 0 Å². The summed E-state index contributed by atoms with van der Waals surface area (Å²) in [5.74, 6) is 0.553. The number of esters is 1. The zero-order chi connectivity index (χ0) is 20.2. The third-order valence-electron chi connectivity index (χ3n) is 4.07. The maximum Gasteiger partial charge on any atom is 0.307 e. The van der Waals surface area contributed by atoms with Gasteiger partial charge in [-0.3, -0.25) is 9.59 Å². The van der Waals surface area contributed by atoms with Crippen molar-refractivity contribution in [3.05, 3.63) is 43.0 Å². The molecule has 1 amide bonds. The summed E-state index contributed by atoms with van der Waals surface area (Å²) in [6, 6.07) is 7.15. The van der Waals surface area contributed by atoms with Crippen LogP contribution in [-0.4, -0.2) is 59.7 Å². The Balaban J connectivity index is 1.91. The molecule has 0 aliphatic carbocycles. The first-order chi connectivity index (χ1) is 13.6. The van der Waals surface area contributed by atoms with E-state index in [4.69, 9.17) is 14.2 Å². The van der Waals surface area contributed by atoms with Crippen LogP contribution in [0, 0.1) is 0 Å². The second-order valence-electron chi connectivity index (χ2n) is 6.03. The van der Waals surface area contributed by atoms with Gasteiger partial charge in [0.2, 0.25) is 0 Å². The molecule has 0 fully saturated rings. The zero-order valence-electron chi connectivity index (χ0n) is 16.4. The van der Waals surface area contributed by atoms with Crippen molar-refractivity contribution in [3.63, 3.8) is 0 Å². The SMILES string of the molecule is CCOC(=O)CCN(CCCn1ccnc1)C(=O)COc1ccccc1OC. The van der Waals surface area contributed by atoms with Crippen LogP contribution in [0.25, 0.3) is 0 Å². The van der Waals surface area contributed by atoms with Crippen LogP contribution in [0.1, 0.15) is 19.8 Å². The van der Waals surface area contributed by atoms with Crippen LogP contribution >= 0.6 is 0 Å². The Hall–Kier alpha value is -3.03. The molecule has 1 aromatic heterocycles. The normalized spacial score (nSPS) is 10.4. The Bertz CT molecular complexity index is 733. The summed E-state index contributed by atoms with van der Waals surface area (Å²) >= 11 is 0. The van der Waals surface area contributed by atoms with Crippen molar-refractivity contribution in [3.8, 4) is 11.5 Å². The number of nitrogens with zero attached hydrogens (tertiary/aromatic N) is 3. The molecule has 0 radical (unpaired) electrons. The van der Waals surface area contributed by atoms with Crippen molar-refractivity contribution in [2.75, 3.05) is 33.4 Å². The number of carbonyl (C=O) groups is 2. The molecule has 2 rings (SSSR count). The number of imidazole rings is 1. The van der Waals surface area contributed by atoms with Crippen LogP contribution in [0.15, 0.2) is 43.0 Å². The van der Waals surface area contributed by atoms with E-state index in [0.717, 1.165) is 13.0 Å². The Morgan fingerprint density at radius 1 is 1.18 bits per heavy atom. The van der Waals surface area contributed by atoms with Gasteiger partial charge >= 0.3 is 5.97 Å². The van der Waals surface area contributed by atoms with Crippen LogP contribution < -0.4 is 9.47 Å². The molecule has 0 aliphatic heterocycles. The summed E-state index contributed by atoms with van der Waals surface area (Å²) in [4.78, 5) is 30.0. The monoisotopic (exact) mass is 389 g/mol. The number of aromatic nitrogens is 2. The lowest BCUT2D eigenvalue weighted by molar-refractivity contribution is -0.144. The molecule has 28 heavy (non-hydrogen) atoms. The number of aryl methyl sites for hydroxylation is 1. The molecule has 0 spiro atoms. The van der Waals surface area contributed by atoms with Crippen LogP contribution in [0.2, 0.25) is 0 Å². The van der Waals surface area contributed by atoms with Crippen LogP contribution in [0.5, 0.6) is 11.5 Å². The minimum Gasteiger partial charge on any atom is -0.493 e. The molecule has 2 aromatic rings. The van der Waals surface area contributed by atoms with Gasteiger partial charge in [0.05, 0.1) is 26.5 Å². The Labute approximate surface area is 165 Å². The van der Waals surface area contributed by atoms with E-state index in [1.807, 2.05) is 22.9 Å². The van der Waals surface area contributed by atoms with Gasteiger partial charge in [-0.1, -0.05) is 12.1 Å². The van der Waals surface area contributed by atoms with Gasteiger partial charge in [0.1, 0.15) is 0 Å². The number of hydrogen-bond acceptors (Lipinski definition) is 6. The second-order valence-corrected chi connectivity index (χ2v) is 6.03. The van der Waals surface area contributed by atoms with E-state index in [0.29, 0.717) is 24.7 Å². The summed E-state index contributed by atoms with van der Waals surface area (Å²) in [6.45, 7) is 3.48. The van der Waals surface area contributed by atoms with E-state index in [1.165, 1.54) is 0 Å². The molecule has 0 bridgehead atoms. The maximum absolute atomic E-state index is 12.7. The molecule has 0 aliphatic rings. The van der Waals surface area contributed by atoms with Gasteiger partial charge in [-0.25, -0.2) is 4.98 Å². The fourth-order valence-electron chi connectivity index (χ4n) is 2.65. The highest BCUT2D eigenvalue weighted by molar-refractivity contribution is 5.78. The number of methoxy groups -OCH3 is 1. The van der Waals surface area contributed by atoms with Gasteiger partial charge in [-0.15, -0.1) is 0 Å². The zero-order valence-corrected chi connectivity index (χ0v) is 16.4. The highest BCUT2D eigenvalue weighted by atomic mass is 16.5. The Kier molecular flexibility index (Phi) is 8.84. The van der Waals surface area contributed by atoms with Crippen molar-refractivity contribution in [1.82, 2.24) is 14.5 Å². The van der Waals surface area contributed by atoms with Gasteiger partial charge in [-0.05, 0) is 25.5 Å². The van der Waals surface area contributed by atoms with E-state index in [2.05, 4.69) is 4.98 Å². The molecule has 0 atom stereocenters. The van der Waals surface area contributed by atoms with E-state index >= 15 is 0 Å². The lowest BCUT2D eigenvalue weighted by Gasteiger charge is -2.23. The molecule has 8 heteroatoms. The van der Waals surface area contributed by atoms with Crippen molar-refractivity contribution in [2.24, 2.45) is 0 Å². The lowest BCUT2D eigenvalue weighted by atomic mass is 10.3. The molecule has 0 saturated heterocycles. The molecule has 0 N–H and O–H groups in total. The number of carbonyl (C=O) groups excluding carboxylic acids is 2. The number of hydrogen-bond donors (Lipinski definition) is 0. The second kappa shape index (κ2) is 11.6. The first-order valence-corrected chi connectivity index (χ1v) is 9.29. The summed E-state index contributed by atoms with van der Waals surface area (Å²) < 4.78 is 17.8. The van der Waals surface area contributed by atoms with Gasteiger partial charge in [0.15, 0.2) is 18.1 Å². The van der Waals surface area contributed by atoms with Crippen LogP contribution in [-0.2, 0) is 20.9 Å². The molecular weight excluding hydrogens is 362 g/mol. The third-order valence-corrected chi connectivity index (χ3v) is 4.07. The topological polar surface area (TPSA) is 82.9 Å². The summed E-state index contributed by atoms with van der Waals surface area (Å²) in [6.07, 6.45) is 6.20. The molecule has 1 heterocycles. The standard InChI is InChI=1S/C20H27N3O5/c1-3-27-20(25)9-13-23(12-6-11-22-14-10-21-16-22)19(24)15-28-18-8-5-4-7-17(18)26-2/h4-5,7-8,10,14,16H,3,6,9,11-13,15H2,1-2H3. The Morgan fingerprint density at radius 3 is 2.64 bits per heavy atom. The predicted octanol–water partition coefficient (Wildman–Crippen LogP) is 2.14. The number of ether oxygens (including phenoxy) is 3. The smallest absolute Gasteiger partial charge is 0.307 e. The minimum absolute atomic E-state index is 0.131. The number of para-hydroxylation sites is 2. The first kappa shape index (κ1) is 21.3. The number of benzene rings is 1. The van der Waals surface area contributed by atoms with Crippen molar-refractivity contribution < 1.29 is 23.8 Å². The molecule has 0 unspecified atom stereocenters. The third kappa shape index (κ3) is 6.94. The highest BCUT2D eigenvalue weighted by Gasteiger charge is 2.17. The Morgan fingerprint density at radius 2 is 1.96 bits per heavy atom. The first-order valence-electron chi connectivity index (χ1n) is 9.29. The summed E-state index contributed by atoms with van der Waals surface area (Å²) in [5, 5.41) is 0. The van der Waals surface area contributed by atoms with Crippen molar-refractivity contribution >= 4 is 11.9 Å². The van der Waals surface area contributed by atoms with Crippen LogP contribution in [0.3, 0.4) is 0 Å². The van der Waals surface area contributed by atoms with Gasteiger partial charge in [0.25, 0.3) is 5.91 Å². The fourth-order valence-corrected chi connectivity index (χ4v) is 2.65. The molecule has 8 nitrogen and oxygen atoms in total. The average molecular weight is 389 g/mol. The predicted molar refractivity (Wildman–Crippen MR) is 103 cm³/mol. The molecule has 0 saturated carbocycles. The molecule has 1 aromatic carbocycles. The maximum atomic E-state index is 12.7. The molecular formula is C20H27N3O5. The minimum atomic E-state index is -0.319. The number of rotatable bonds is 12.